The van der Waals surface area contributed by atoms with Gasteiger partial charge < -0.3 is 23.4 Å². The molecule has 0 aliphatic carbocycles. The monoisotopic (exact) mass is 308 g/mol. The molecule has 0 aliphatic heterocycles. The van der Waals surface area contributed by atoms with Crippen LogP contribution in [0.2, 0.25) is 0 Å². The summed E-state index contributed by atoms with van der Waals surface area (Å²) in [5.41, 5.74) is 0. The van der Waals surface area contributed by atoms with Gasteiger partial charge in [-0.05, 0) is 30.7 Å². The van der Waals surface area contributed by atoms with Crippen molar-refractivity contribution in [2.75, 3.05) is 19.8 Å². The third-order valence-corrected chi connectivity index (χ3v) is 3.15. The second-order valence-corrected chi connectivity index (χ2v) is 5.06. The van der Waals surface area contributed by atoms with E-state index in [4.69, 9.17) is 23.4 Å². The van der Waals surface area contributed by atoms with Crippen LogP contribution in [0.25, 0.3) is 0 Å². The highest BCUT2D eigenvalue weighted by Gasteiger charge is 2.03. The molecule has 22 heavy (non-hydrogen) atoms. The summed E-state index contributed by atoms with van der Waals surface area (Å²) in [6.07, 6.45) is 2.57. The number of hydrogen-bond acceptors (Lipinski definition) is 5. The lowest BCUT2D eigenvalue weighted by Crippen LogP contribution is -2.03. The Bertz CT molecular complexity index is 480. The zero-order valence-electron chi connectivity index (χ0n) is 13.0. The summed E-state index contributed by atoms with van der Waals surface area (Å²) in [7, 11) is 0. The van der Waals surface area contributed by atoms with E-state index in [9.17, 15) is 0 Å². The first-order chi connectivity index (χ1) is 10.8. The Morgan fingerprint density at radius 1 is 0.818 bits per heavy atom. The molecule has 0 bridgehead atoms. The van der Waals surface area contributed by atoms with E-state index >= 15 is 0 Å². The van der Waals surface area contributed by atoms with E-state index < -0.39 is 0 Å². The van der Waals surface area contributed by atoms with Crippen LogP contribution in [0, 0.1) is 0 Å². The third-order valence-electron chi connectivity index (χ3n) is 3.15. The van der Waals surface area contributed by atoms with Crippen molar-refractivity contribution in [3.8, 4) is 0 Å². The van der Waals surface area contributed by atoms with Crippen molar-refractivity contribution in [3.05, 3.63) is 47.3 Å². The zero-order valence-corrected chi connectivity index (χ0v) is 13.0. The van der Waals surface area contributed by atoms with Gasteiger partial charge in [0.15, 0.2) is 0 Å². The molecule has 0 spiro atoms. The van der Waals surface area contributed by atoms with E-state index in [1.54, 1.807) is 0 Å². The first-order valence-electron chi connectivity index (χ1n) is 7.73. The molecule has 2 aromatic heterocycles. The van der Waals surface area contributed by atoms with Gasteiger partial charge in [-0.3, -0.25) is 0 Å². The number of furan rings is 2. The highest BCUT2D eigenvalue weighted by atomic mass is 16.5. The van der Waals surface area contributed by atoms with Gasteiger partial charge in [-0.25, -0.2) is 0 Å². The van der Waals surface area contributed by atoms with Gasteiger partial charge in [0.1, 0.15) is 36.3 Å². The number of rotatable bonds is 11. The Balaban J connectivity index is 1.54. The van der Waals surface area contributed by atoms with Crippen molar-refractivity contribution >= 4 is 0 Å². The van der Waals surface area contributed by atoms with Crippen LogP contribution in [0.3, 0.4) is 0 Å². The quantitative estimate of drug-likeness (QED) is 0.646. The molecule has 0 amide bonds. The second-order valence-electron chi connectivity index (χ2n) is 5.06. The minimum absolute atomic E-state index is 0.0917. The number of ether oxygens (including phenoxy) is 2. The Labute approximate surface area is 130 Å². The Hall–Kier alpha value is -1.56. The van der Waals surface area contributed by atoms with Crippen molar-refractivity contribution in [2.24, 2.45) is 0 Å². The normalized spacial score (nSPS) is 11.2. The molecule has 0 radical (unpaired) electrons. The van der Waals surface area contributed by atoms with Crippen LogP contribution in [0.4, 0.5) is 0 Å². The zero-order chi connectivity index (χ0) is 15.6. The predicted octanol–water partition coefficient (Wildman–Crippen LogP) is 3.09. The van der Waals surface area contributed by atoms with Crippen LogP contribution in [0.5, 0.6) is 0 Å². The maximum atomic E-state index is 8.81. The van der Waals surface area contributed by atoms with E-state index in [1.165, 1.54) is 0 Å². The van der Waals surface area contributed by atoms with E-state index in [0.29, 0.717) is 32.8 Å². The van der Waals surface area contributed by atoms with Crippen LogP contribution in [0.1, 0.15) is 36.4 Å². The summed E-state index contributed by atoms with van der Waals surface area (Å²) in [6.45, 7) is 4.10. The molecule has 0 aromatic carbocycles. The minimum Gasteiger partial charge on any atom is -0.464 e. The highest BCUT2D eigenvalue weighted by molar-refractivity contribution is 5.07. The molecule has 2 heterocycles. The van der Waals surface area contributed by atoms with E-state index in [-0.39, 0.29) is 6.61 Å². The molecule has 1 N–H and O–H groups in total. The first-order valence-corrected chi connectivity index (χ1v) is 7.73. The molecule has 2 aromatic rings. The fourth-order valence-corrected chi connectivity index (χ4v) is 2.09. The highest BCUT2D eigenvalue weighted by Crippen LogP contribution is 2.11. The molecule has 0 unspecified atom stereocenters. The molecule has 0 saturated heterocycles. The SMILES string of the molecule is CCCc1ccc(COCCOCc2ccc(CCO)o2)o1. The summed E-state index contributed by atoms with van der Waals surface area (Å²) >= 11 is 0. The molecule has 2 rings (SSSR count). The summed E-state index contributed by atoms with van der Waals surface area (Å²) in [5, 5.41) is 8.81. The second kappa shape index (κ2) is 9.46. The van der Waals surface area contributed by atoms with Gasteiger partial charge in [-0.2, -0.15) is 0 Å². The molecular weight excluding hydrogens is 284 g/mol. The summed E-state index contributed by atoms with van der Waals surface area (Å²) in [4.78, 5) is 0. The van der Waals surface area contributed by atoms with Crippen LogP contribution >= 0.6 is 0 Å². The Morgan fingerprint density at radius 3 is 1.82 bits per heavy atom. The number of hydrogen-bond donors (Lipinski definition) is 1. The largest absolute Gasteiger partial charge is 0.464 e. The average Bonchev–Trinajstić information content (AvgIpc) is 3.13. The smallest absolute Gasteiger partial charge is 0.129 e. The average molecular weight is 308 g/mol. The standard InChI is InChI=1S/C17H24O5/c1-2-3-14-4-6-16(21-14)12-19-10-11-20-13-17-7-5-15(22-17)8-9-18/h4-7,18H,2-3,8-13H2,1H3. The van der Waals surface area contributed by atoms with Crippen molar-refractivity contribution in [1.29, 1.82) is 0 Å². The first kappa shape index (κ1) is 16.8. The van der Waals surface area contributed by atoms with Crippen LogP contribution in [-0.2, 0) is 35.5 Å². The van der Waals surface area contributed by atoms with Gasteiger partial charge >= 0.3 is 0 Å². The van der Waals surface area contributed by atoms with Gasteiger partial charge in [0.2, 0.25) is 0 Å². The van der Waals surface area contributed by atoms with Gasteiger partial charge in [0.05, 0.1) is 19.8 Å². The maximum Gasteiger partial charge on any atom is 0.129 e. The minimum atomic E-state index is 0.0917. The molecule has 0 saturated carbocycles. The Kier molecular flexibility index (Phi) is 7.22. The summed E-state index contributed by atoms with van der Waals surface area (Å²) in [5.74, 6) is 3.40. The molecule has 122 valence electrons. The topological polar surface area (TPSA) is 65.0 Å². The van der Waals surface area contributed by atoms with Crippen LogP contribution in [0.15, 0.2) is 33.1 Å². The van der Waals surface area contributed by atoms with E-state index in [0.717, 1.165) is 35.9 Å². The third kappa shape index (κ3) is 5.67. The lowest BCUT2D eigenvalue weighted by atomic mass is 10.3. The van der Waals surface area contributed by atoms with Crippen molar-refractivity contribution in [2.45, 2.75) is 39.4 Å². The van der Waals surface area contributed by atoms with Crippen molar-refractivity contribution in [3.63, 3.8) is 0 Å². The fourth-order valence-electron chi connectivity index (χ4n) is 2.09. The number of aliphatic hydroxyl groups is 1. The lowest BCUT2D eigenvalue weighted by Gasteiger charge is -2.03. The van der Waals surface area contributed by atoms with Gasteiger partial charge in [-0.1, -0.05) is 6.92 Å². The van der Waals surface area contributed by atoms with Gasteiger partial charge in [0.25, 0.3) is 0 Å². The molecule has 5 nitrogen and oxygen atoms in total. The lowest BCUT2D eigenvalue weighted by molar-refractivity contribution is 0.0231. The molecule has 5 heteroatoms. The van der Waals surface area contributed by atoms with E-state index in [1.807, 2.05) is 24.3 Å². The molecule has 0 aliphatic rings. The van der Waals surface area contributed by atoms with Crippen LogP contribution in [-0.4, -0.2) is 24.9 Å². The summed E-state index contributed by atoms with van der Waals surface area (Å²) < 4.78 is 22.1. The van der Waals surface area contributed by atoms with Crippen molar-refractivity contribution in [1.82, 2.24) is 0 Å². The molecule has 0 atom stereocenters. The fraction of sp³-hybridized carbons (Fsp3) is 0.529. The molecule has 0 fully saturated rings. The predicted molar refractivity (Wildman–Crippen MR) is 81.5 cm³/mol. The Morgan fingerprint density at radius 2 is 1.32 bits per heavy atom. The number of aliphatic hydroxyl groups excluding tert-OH is 1. The molecular formula is C17H24O5. The van der Waals surface area contributed by atoms with Gasteiger partial charge in [-0.15, -0.1) is 0 Å². The van der Waals surface area contributed by atoms with Crippen molar-refractivity contribution < 1.29 is 23.4 Å². The van der Waals surface area contributed by atoms with Gasteiger partial charge in [0, 0.05) is 12.8 Å². The van der Waals surface area contributed by atoms with Crippen LogP contribution < -0.4 is 0 Å². The van der Waals surface area contributed by atoms with E-state index in [2.05, 4.69) is 6.92 Å². The maximum absolute atomic E-state index is 8.81. The summed E-state index contributed by atoms with van der Waals surface area (Å²) in [6, 6.07) is 7.68. The number of aryl methyl sites for hydroxylation is 1.